The van der Waals surface area contributed by atoms with Crippen LogP contribution >= 0.6 is 0 Å². The SMILES string of the molecule is COc1ccc(S(=O)(=O)N2CCCCCC2)cc1C(=O)N1CCC(c2nc(C)no2)CC1. The number of amides is 1. The minimum absolute atomic E-state index is 0.122. The van der Waals surface area contributed by atoms with E-state index in [1.54, 1.807) is 17.9 Å². The van der Waals surface area contributed by atoms with Crippen molar-refractivity contribution in [3.8, 4) is 5.75 Å². The highest BCUT2D eigenvalue weighted by Gasteiger charge is 2.31. The summed E-state index contributed by atoms with van der Waals surface area (Å²) in [5.41, 5.74) is 0.274. The summed E-state index contributed by atoms with van der Waals surface area (Å²) >= 11 is 0. The molecular weight excluding hydrogens is 432 g/mol. The van der Waals surface area contributed by atoms with Crippen LogP contribution in [-0.4, -0.2) is 67.0 Å². The number of hydrogen-bond donors (Lipinski definition) is 0. The highest BCUT2D eigenvalue weighted by atomic mass is 32.2. The molecule has 2 aliphatic heterocycles. The maximum absolute atomic E-state index is 13.3. The Labute approximate surface area is 188 Å². The molecule has 4 rings (SSSR count). The molecular formula is C22H30N4O5S. The number of hydrogen-bond acceptors (Lipinski definition) is 7. The maximum Gasteiger partial charge on any atom is 0.257 e. The lowest BCUT2D eigenvalue weighted by Crippen LogP contribution is -2.38. The summed E-state index contributed by atoms with van der Waals surface area (Å²) in [6.45, 7) is 3.86. The lowest BCUT2D eigenvalue weighted by molar-refractivity contribution is 0.0701. The molecule has 1 aromatic heterocycles. The first-order valence-electron chi connectivity index (χ1n) is 11.2. The fourth-order valence-corrected chi connectivity index (χ4v) is 5.97. The average Bonchev–Trinajstić information content (AvgIpc) is 3.06. The summed E-state index contributed by atoms with van der Waals surface area (Å²) in [6.07, 6.45) is 5.21. The Bertz CT molecular complexity index is 1050. The molecule has 0 radical (unpaired) electrons. The van der Waals surface area contributed by atoms with E-state index in [4.69, 9.17) is 9.26 Å². The molecule has 0 bridgehead atoms. The Balaban J connectivity index is 1.53. The van der Waals surface area contributed by atoms with E-state index in [-0.39, 0.29) is 22.3 Å². The summed E-state index contributed by atoms with van der Waals surface area (Å²) < 4.78 is 38.7. The average molecular weight is 463 g/mol. The molecule has 0 N–H and O–H groups in total. The van der Waals surface area contributed by atoms with Crippen LogP contribution in [0.3, 0.4) is 0 Å². The molecule has 0 saturated carbocycles. The van der Waals surface area contributed by atoms with Gasteiger partial charge in [0, 0.05) is 32.1 Å². The van der Waals surface area contributed by atoms with Gasteiger partial charge in [0.25, 0.3) is 5.91 Å². The number of carbonyl (C=O) groups excluding carboxylic acids is 1. The standard InChI is InChI=1S/C22H30N4O5S/c1-16-23-21(31-24-16)17-9-13-25(14-10-17)22(27)19-15-18(7-8-20(19)30-2)32(28,29)26-11-5-3-4-6-12-26/h7-8,15,17H,3-6,9-14H2,1-2H3. The first-order chi connectivity index (χ1) is 15.4. The van der Waals surface area contributed by atoms with Crippen LogP contribution in [0.15, 0.2) is 27.6 Å². The van der Waals surface area contributed by atoms with E-state index < -0.39 is 10.0 Å². The van der Waals surface area contributed by atoms with E-state index in [1.807, 2.05) is 0 Å². The molecule has 2 aromatic rings. The van der Waals surface area contributed by atoms with Crippen molar-refractivity contribution in [2.45, 2.75) is 56.3 Å². The van der Waals surface area contributed by atoms with Crippen molar-refractivity contribution in [2.24, 2.45) is 0 Å². The first kappa shape index (κ1) is 22.7. The molecule has 0 atom stereocenters. The molecule has 2 aliphatic rings. The maximum atomic E-state index is 13.3. The molecule has 10 heteroatoms. The van der Waals surface area contributed by atoms with Crippen LogP contribution in [0.4, 0.5) is 0 Å². The molecule has 0 aliphatic carbocycles. The Kier molecular flexibility index (Phi) is 6.80. The van der Waals surface area contributed by atoms with Crippen molar-refractivity contribution in [1.29, 1.82) is 0 Å². The molecule has 1 aromatic carbocycles. The van der Waals surface area contributed by atoms with Gasteiger partial charge >= 0.3 is 0 Å². The lowest BCUT2D eigenvalue weighted by Gasteiger charge is -2.31. The van der Waals surface area contributed by atoms with Gasteiger partial charge in [-0.25, -0.2) is 8.42 Å². The predicted molar refractivity (Wildman–Crippen MR) is 117 cm³/mol. The number of rotatable bonds is 5. The van der Waals surface area contributed by atoms with Crippen molar-refractivity contribution in [3.63, 3.8) is 0 Å². The van der Waals surface area contributed by atoms with Crippen LogP contribution in [-0.2, 0) is 10.0 Å². The van der Waals surface area contributed by atoms with Crippen LogP contribution < -0.4 is 4.74 Å². The topological polar surface area (TPSA) is 106 Å². The van der Waals surface area contributed by atoms with Crippen LogP contribution in [0.2, 0.25) is 0 Å². The third kappa shape index (κ3) is 4.66. The fraction of sp³-hybridized carbons (Fsp3) is 0.591. The summed E-state index contributed by atoms with van der Waals surface area (Å²) in [5, 5.41) is 3.85. The monoisotopic (exact) mass is 462 g/mol. The Hall–Kier alpha value is -2.46. The van der Waals surface area contributed by atoms with Gasteiger partial charge in [-0.05, 0) is 50.8 Å². The molecule has 174 valence electrons. The summed E-state index contributed by atoms with van der Waals surface area (Å²) in [5.74, 6) is 1.48. The first-order valence-corrected chi connectivity index (χ1v) is 12.6. The number of benzene rings is 1. The van der Waals surface area contributed by atoms with Gasteiger partial charge in [0.05, 0.1) is 17.6 Å². The normalized spacial score (nSPS) is 19.0. The van der Waals surface area contributed by atoms with E-state index in [0.717, 1.165) is 25.7 Å². The van der Waals surface area contributed by atoms with Gasteiger partial charge in [-0.2, -0.15) is 9.29 Å². The summed E-state index contributed by atoms with van der Waals surface area (Å²) in [7, 11) is -2.17. The number of sulfonamides is 1. The number of aromatic nitrogens is 2. The second-order valence-electron chi connectivity index (χ2n) is 8.43. The number of piperidine rings is 1. The van der Waals surface area contributed by atoms with Crippen LogP contribution in [0.5, 0.6) is 5.75 Å². The quantitative estimate of drug-likeness (QED) is 0.672. The smallest absolute Gasteiger partial charge is 0.257 e. The summed E-state index contributed by atoms with van der Waals surface area (Å²) in [4.78, 5) is 19.5. The Morgan fingerprint density at radius 1 is 1.09 bits per heavy atom. The number of aryl methyl sites for hydroxylation is 1. The van der Waals surface area contributed by atoms with Crippen molar-refractivity contribution in [3.05, 3.63) is 35.5 Å². The van der Waals surface area contributed by atoms with Gasteiger partial charge in [0.2, 0.25) is 15.9 Å². The Morgan fingerprint density at radius 3 is 2.38 bits per heavy atom. The van der Waals surface area contributed by atoms with E-state index >= 15 is 0 Å². The van der Waals surface area contributed by atoms with E-state index in [0.29, 0.717) is 56.5 Å². The summed E-state index contributed by atoms with van der Waals surface area (Å²) in [6, 6.07) is 4.57. The molecule has 0 spiro atoms. The predicted octanol–water partition coefficient (Wildman–Crippen LogP) is 2.97. The van der Waals surface area contributed by atoms with Gasteiger partial charge in [0.15, 0.2) is 5.82 Å². The third-order valence-corrected chi connectivity index (χ3v) is 8.17. The van der Waals surface area contributed by atoms with E-state index in [9.17, 15) is 13.2 Å². The van der Waals surface area contributed by atoms with E-state index in [2.05, 4.69) is 10.1 Å². The number of methoxy groups -OCH3 is 1. The zero-order valence-electron chi connectivity index (χ0n) is 18.6. The van der Waals surface area contributed by atoms with E-state index in [1.165, 1.54) is 23.5 Å². The van der Waals surface area contributed by atoms with Crippen molar-refractivity contribution >= 4 is 15.9 Å². The van der Waals surface area contributed by atoms with Gasteiger partial charge < -0.3 is 14.2 Å². The van der Waals surface area contributed by atoms with Gasteiger partial charge in [-0.15, -0.1) is 0 Å². The van der Waals surface area contributed by atoms with Crippen LogP contribution in [0.1, 0.15) is 66.5 Å². The lowest BCUT2D eigenvalue weighted by atomic mass is 9.96. The zero-order chi connectivity index (χ0) is 22.7. The fourth-order valence-electron chi connectivity index (χ4n) is 4.42. The molecule has 0 unspecified atom stereocenters. The minimum Gasteiger partial charge on any atom is -0.496 e. The minimum atomic E-state index is -3.66. The number of ether oxygens (including phenoxy) is 1. The molecule has 2 saturated heterocycles. The highest BCUT2D eigenvalue weighted by Crippen LogP contribution is 2.31. The molecule has 3 heterocycles. The van der Waals surface area contributed by atoms with Crippen molar-refractivity contribution in [1.82, 2.24) is 19.3 Å². The zero-order valence-corrected chi connectivity index (χ0v) is 19.4. The number of likely N-dealkylation sites (tertiary alicyclic amines) is 1. The van der Waals surface area contributed by atoms with Crippen LogP contribution in [0, 0.1) is 6.92 Å². The second-order valence-corrected chi connectivity index (χ2v) is 10.4. The van der Waals surface area contributed by atoms with Crippen molar-refractivity contribution in [2.75, 3.05) is 33.3 Å². The van der Waals surface area contributed by atoms with Crippen LogP contribution in [0.25, 0.3) is 0 Å². The molecule has 2 fully saturated rings. The molecule has 1 amide bonds. The third-order valence-electron chi connectivity index (χ3n) is 6.28. The number of carbonyl (C=O) groups is 1. The largest absolute Gasteiger partial charge is 0.496 e. The number of nitrogens with zero attached hydrogens (tertiary/aromatic N) is 4. The van der Waals surface area contributed by atoms with Gasteiger partial charge in [-0.3, -0.25) is 4.79 Å². The van der Waals surface area contributed by atoms with Crippen molar-refractivity contribution < 1.29 is 22.5 Å². The second kappa shape index (κ2) is 9.58. The Morgan fingerprint density at radius 2 is 1.78 bits per heavy atom. The van der Waals surface area contributed by atoms with Gasteiger partial charge in [-0.1, -0.05) is 18.0 Å². The molecule has 9 nitrogen and oxygen atoms in total. The highest BCUT2D eigenvalue weighted by molar-refractivity contribution is 7.89. The molecule has 32 heavy (non-hydrogen) atoms. The van der Waals surface area contributed by atoms with Gasteiger partial charge in [0.1, 0.15) is 5.75 Å².